The van der Waals surface area contributed by atoms with Gasteiger partial charge >= 0.3 is 0 Å². The number of hydrogen-bond donors (Lipinski definition) is 2. The van der Waals surface area contributed by atoms with Gasteiger partial charge in [-0.2, -0.15) is 0 Å². The monoisotopic (exact) mass is 282 g/mol. The fourth-order valence-electron chi connectivity index (χ4n) is 2.27. The molecule has 1 heterocycles. The average Bonchev–Trinajstić information content (AvgIpc) is 2.53. The second-order valence-corrected chi connectivity index (χ2v) is 5.19. The van der Waals surface area contributed by atoms with Crippen molar-refractivity contribution >= 4 is 11.6 Å². The highest BCUT2D eigenvalue weighted by atomic mass is 16.5. The summed E-state index contributed by atoms with van der Waals surface area (Å²) in [6, 6.07) is 15.8. The highest BCUT2D eigenvalue weighted by molar-refractivity contribution is 5.83. The molecule has 2 N–H and O–H groups in total. The molecule has 0 fully saturated rings. The number of amides is 1. The van der Waals surface area contributed by atoms with Gasteiger partial charge in [0.1, 0.15) is 5.75 Å². The van der Waals surface area contributed by atoms with Gasteiger partial charge in [0.2, 0.25) is 0 Å². The largest absolute Gasteiger partial charge is 0.477 e. The molecule has 2 aromatic carbocycles. The Labute approximate surface area is 124 Å². The number of para-hydroxylation sites is 2. The second kappa shape index (κ2) is 5.87. The van der Waals surface area contributed by atoms with Crippen LogP contribution >= 0.6 is 0 Å². The van der Waals surface area contributed by atoms with Crippen molar-refractivity contribution in [3.05, 3.63) is 59.7 Å². The molecule has 0 radical (unpaired) electrons. The summed E-state index contributed by atoms with van der Waals surface area (Å²) in [4.78, 5) is 12.2. The summed E-state index contributed by atoms with van der Waals surface area (Å²) in [5.41, 5.74) is 3.22. The molecule has 2 aromatic rings. The van der Waals surface area contributed by atoms with Crippen LogP contribution in [0.15, 0.2) is 48.5 Å². The third-order valence-electron chi connectivity index (χ3n) is 3.51. The Balaban J connectivity index is 1.58. The molecule has 1 unspecified atom stereocenters. The van der Waals surface area contributed by atoms with E-state index in [1.807, 2.05) is 55.5 Å². The molecule has 3 rings (SSSR count). The maximum atomic E-state index is 12.2. The van der Waals surface area contributed by atoms with E-state index in [1.54, 1.807) is 0 Å². The molecule has 0 aliphatic carbocycles. The first-order valence-corrected chi connectivity index (χ1v) is 7.05. The Hall–Kier alpha value is -2.49. The van der Waals surface area contributed by atoms with Crippen molar-refractivity contribution in [3.8, 4) is 5.75 Å². The first-order chi connectivity index (χ1) is 10.2. The Morgan fingerprint density at radius 1 is 1.24 bits per heavy atom. The molecule has 1 atom stereocenters. The predicted octanol–water partition coefficient (Wildman–Crippen LogP) is 2.48. The molecule has 108 valence electrons. The van der Waals surface area contributed by atoms with Gasteiger partial charge < -0.3 is 15.4 Å². The summed E-state index contributed by atoms with van der Waals surface area (Å²) < 4.78 is 5.73. The van der Waals surface area contributed by atoms with E-state index < -0.39 is 6.10 Å². The first kappa shape index (κ1) is 13.5. The van der Waals surface area contributed by atoms with Gasteiger partial charge in [-0.05, 0) is 24.6 Å². The van der Waals surface area contributed by atoms with E-state index >= 15 is 0 Å². The van der Waals surface area contributed by atoms with Crippen LogP contribution < -0.4 is 15.4 Å². The van der Waals surface area contributed by atoms with E-state index in [0.29, 0.717) is 13.1 Å². The zero-order chi connectivity index (χ0) is 14.7. The lowest BCUT2D eigenvalue weighted by molar-refractivity contribution is -0.127. The Kier molecular flexibility index (Phi) is 3.77. The molecule has 4 nitrogen and oxygen atoms in total. The number of hydrogen-bond acceptors (Lipinski definition) is 3. The fraction of sp³-hybridized carbons (Fsp3) is 0.235. The van der Waals surface area contributed by atoms with E-state index in [-0.39, 0.29) is 5.91 Å². The molecule has 0 saturated heterocycles. The number of rotatable bonds is 3. The molecule has 0 saturated carbocycles. The minimum Gasteiger partial charge on any atom is -0.477 e. The van der Waals surface area contributed by atoms with E-state index in [4.69, 9.17) is 4.74 Å². The lowest BCUT2D eigenvalue weighted by atomic mass is 10.1. The summed E-state index contributed by atoms with van der Waals surface area (Å²) in [5, 5.41) is 6.13. The third kappa shape index (κ3) is 3.16. The van der Waals surface area contributed by atoms with Gasteiger partial charge in [-0.15, -0.1) is 0 Å². The lowest BCUT2D eigenvalue weighted by Crippen LogP contribution is -2.44. The predicted molar refractivity (Wildman–Crippen MR) is 82.4 cm³/mol. The molecular formula is C17H18N2O2. The smallest absolute Gasteiger partial charge is 0.263 e. The zero-order valence-electron chi connectivity index (χ0n) is 11.9. The van der Waals surface area contributed by atoms with Crippen LogP contribution in [-0.4, -0.2) is 18.6 Å². The van der Waals surface area contributed by atoms with Gasteiger partial charge in [0.25, 0.3) is 5.91 Å². The van der Waals surface area contributed by atoms with Crippen LogP contribution in [0.5, 0.6) is 5.75 Å². The molecule has 1 amide bonds. The SMILES string of the molecule is Cc1ccc(CNC(=O)C2CNc3ccccc3O2)cc1. The van der Waals surface area contributed by atoms with Crippen LogP contribution in [0, 0.1) is 6.92 Å². The molecule has 0 aromatic heterocycles. The number of carbonyl (C=O) groups is 1. The van der Waals surface area contributed by atoms with Crippen molar-refractivity contribution in [1.82, 2.24) is 5.32 Å². The van der Waals surface area contributed by atoms with Crippen molar-refractivity contribution in [2.75, 3.05) is 11.9 Å². The Bertz CT molecular complexity index is 637. The Morgan fingerprint density at radius 2 is 2.00 bits per heavy atom. The normalized spacial score (nSPS) is 16.3. The van der Waals surface area contributed by atoms with Gasteiger partial charge in [-0.3, -0.25) is 4.79 Å². The number of aryl methyl sites for hydroxylation is 1. The van der Waals surface area contributed by atoms with Crippen LogP contribution in [0.3, 0.4) is 0 Å². The summed E-state index contributed by atoms with van der Waals surface area (Å²) in [5.74, 6) is 0.622. The van der Waals surface area contributed by atoms with Gasteiger partial charge in [0, 0.05) is 6.54 Å². The standard InChI is InChI=1S/C17H18N2O2/c1-12-6-8-13(9-7-12)10-19-17(20)16-11-18-14-4-2-3-5-15(14)21-16/h2-9,16,18H,10-11H2,1H3,(H,19,20). The van der Waals surface area contributed by atoms with Gasteiger partial charge in [-0.1, -0.05) is 42.0 Å². The number of carbonyl (C=O) groups excluding carboxylic acids is 1. The number of fused-ring (bicyclic) bond motifs is 1. The van der Waals surface area contributed by atoms with Crippen molar-refractivity contribution in [2.24, 2.45) is 0 Å². The molecular weight excluding hydrogens is 264 g/mol. The zero-order valence-corrected chi connectivity index (χ0v) is 11.9. The Morgan fingerprint density at radius 3 is 2.81 bits per heavy atom. The maximum absolute atomic E-state index is 12.2. The summed E-state index contributed by atoms with van der Waals surface area (Å²) in [6.45, 7) is 3.04. The van der Waals surface area contributed by atoms with E-state index in [2.05, 4.69) is 10.6 Å². The molecule has 1 aliphatic rings. The fourth-order valence-corrected chi connectivity index (χ4v) is 2.27. The van der Waals surface area contributed by atoms with Crippen molar-refractivity contribution in [3.63, 3.8) is 0 Å². The second-order valence-electron chi connectivity index (χ2n) is 5.19. The maximum Gasteiger partial charge on any atom is 0.263 e. The van der Waals surface area contributed by atoms with Gasteiger partial charge in [-0.25, -0.2) is 0 Å². The van der Waals surface area contributed by atoms with Crippen molar-refractivity contribution in [1.29, 1.82) is 0 Å². The lowest BCUT2D eigenvalue weighted by Gasteiger charge is -2.26. The summed E-state index contributed by atoms with van der Waals surface area (Å²) in [6.07, 6.45) is -0.495. The van der Waals surface area contributed by atoms with Crippen LogP contribution in [0.4, 0.5) is 5.69 Å². The van der Waals surface area contributed by atoms with Crippen LogP contribution in [0.25, 0.3) is 0 Å². The topological polar surface area (TPSA) is 50.4 Å². The number of nitrogens with one attached hydrogen (secondary N) is 2. The van der Waals surface area contributed by atoms with Crippen molar-refractivity contribution in [2.45, 2.75) is 19.6 Å². The van der Waals surface area contributed by atoms with E-state index in [1.165, 1.54) is 5.56 Å². The molecule has 1 aliphatic heterocycles. The van der Waals surface area contributed by atoms with E-state index in [9.17, 15) is 4.79 Å². The third-order valence-corrected chi connectivity index (χ3v) is 3.51. The summed E-state index contributed by atoms with van der Waals surface area (Å²) in [7, 11) is 0. The number of ether oxygens (including phenoxy) is 1. The quantitative estimate of drug-likeness (QED) is 0.909. The molecule has 4 heteroatoms. The van der Waals surface area contributed by atoms with Crippen LogP contribution in [-0.2, 0) is 11.3 Å². The number of anilines is 1. The molecule has 0 spiro atoms. The number of benzene rings is 2. The highest BCUT2D eigenvalue weighted by Crippen LogP contribution is 2.28. The molecule has 21 heavy (non-hydrogen) atoms. The van der Waals surface area contributed by atoms with Gasteiger partial charge in [0.15, 0.2) is 6.10 Å². The van der Waals surface area contributed by atoms with Crippen LogP contribution in [0.1, 0.15) is 11.1 Å². The molecule has 0 bridgehead atoms. The highest BCUT2D eigenvalue weighted by Gasteiger charge is 2.25. The van der Waals surface area contributed by atoms with Crippen LogP contribution in [0.2, 0.25) is 0 Å². The van der Waals surface area contributed by atoms with E-state index in [0.717, 1.165) is 17.0 Å². The summed E-state index contributed by atoms with van der Waals surface area (Å²) >= 11 is 0. The average molecular weight is 282 g/mol. The minimum atomic E-state index is -0.495. The van der Waals surface area contributed by atoms with Gasteiger partial charge in [0.05, 0.1) is 12.2 Å². The first-order valence-electron chi connectivity index (χ1n) is 7.05. The van der Waals surface area contributed by atoms with Crippen molar-refractivity contribution < 1.29 is 9.53 Å². The minimum absolute atomic E-state index is 0.0995.